The van der Waals surface area contributed by atoms with Crippen molar-refractivity contribution >= 4 is 29.8 Å². The summed E-state index contributed by atoms with van der Waals surface area (Å²) in [6.45, 7) is 2.06. The van der Waals surface area contributed by atoms with Crippen LogP contribution < -0.4 is 0 Å². The van der Waals surface area contributed by atoms with Crippen LogP contribution in [0.1, 0.15) is 9.75 Å². The van der Waals surface area contributed by atoms with E-state index < -0.39 is 0 Å². The van der Waals surface area contributed by atoms with E-state index in [4.69, 9.17) is 12.2 Å². The molecule has 0 aliphatic rings. The lowest BCUT2D eigenvalue weighted by molar-refractivity contribution is 0.871. The largest absolute Gasteiger partial charge is 0.264 e. The maximum Gasteiger partial charge on any atom is 0.216 e. The second-order valence-electron chi connectivity index (χ2n) is 4.10. The van der Waals surface area contributed by atoms with Crippen LogP contribution in [0.4, 0.5) is 0 Å². The second-order valence-corrected chi connectivity index (χ2v) is 5.81. The number of nitrogens with zero attached hydrogens (tertiary/aromatic N) is 4. The van der Waals surface area contributed by atoms with E-state index in [9.17, 15) is 0 Å². The third kappa shape index (κ3) is 2.59. The molecule has 7 heteroatoms. The van der Waals surface area contributed by atoms with Crippen LogP contribution in [0.5, 0.6) is 0 Å². The summed E-state index contributed by atoms with van der Waals surface area (Å²) in [5.74, 6) is 0.646. The highest BCUT2D eigenvalue weighted by molar-refractivity contribution is 7.71. The van der Waals surface area contributed by atoms with Crippen molar-refractivity contribution in [3.8, 4) is 11.4 Å². The van der Waals surface area contributed by atoms with Gasteiger partial charge in [0.1, 0.15) is 0 Å². The molecule has 3 rings (SSSR count). The molecular weight excluding hydrogens is 290 g/mol. The Bertz CT molecular complexity index is 798. The summed E-state index contributed by atoms with van der Waals surface area (Å²) in [5, 5.41) is 11.4. The zero-order valence-electron chi connectivity index (χ0n) is 10.6. The molecule has 5 nitrogen and oxygen atoms in total. The number of H-pyrrole nitrogens is 1. The molecule has 0 aromatic carbocycles. The monoisotopic (exact) mass is 301 g/mol. The third-order valence-electron chi connectivity index (χ3n) is 2.63. The molecule has 0 saturated heterocycles. The molecule has 0 radical (unpaired) electrons. The van der Waals surface area contributed by atoms with E-state index in [0.717, 1.165) is 10.4 Å². The van der Waals surface area contributed by atoms with E-state index in [2.05, 4.69) is 33.3 Å². The molecule has 0 spiro atoms. The lowest BCUT2D eigenvalue weighted by Gasteiger charge is -1.99. The summed E-state index contributed by atoms with van der Waals surface area (Å²) < 4.78 is 2.05. The van der Waals surface area contributed by atoms with E-state index in [1.807, 2.05) is 18.2 Å². The van der Waals surface area contributed by atoms with Crippen molar-refractivity contribution in [2.45, 2.75) is 6.92 Å². The minimum Gasteiger partial charge on any atom is -0.264 e. The fourth-order valence-electron chi connectivity index (χ4n) is 1.72. The zero-order chi connectivity index (χ0) is 13.9. The first kappa shape index (κ1) is 12.9. The molecule has 0 aliphatic heterocycles. The van der Waals surface area contributed by atoms with Gasteiger partial charge in [0.05, 0.1) is 6.21 Å². The lowest BCUT2D eigenvalue weighted by Crippen LogP contribution is -1.94. The molecule has 0 amide bonds. The molecule has 1 N–H and O–H groups in total. The van der Waals surface area contributed by atoms with Gasteiger partial charge in [-0.3, -0.25) is 4.98 Å². The Kier molecular flexibility index (Phi) is 3.53. The average Bonchev–Trinajstić information content (AvgIpc) is 3.04. The van der Waals surface area contributed by atoms with Crippen LogP contribution in [0.3, 0.4) is 0 Å². The second kappa shape index (κ2) is 5.48. The van der Waals surface area contributed by atoms with Gasteiger partial charge in [-0.2, -0.15) is 14.9 Å². The van der Waals surface area contributed by atoms with E-state index >= 15 is 0 Å². The number of rotatable bonds is 3. The number of aromatic nitrogens is 4. The molecule has 3 aromatic heterocycles. The van der Waals surface area contributed by atoms with Crippen LogP contribution in [-0.2, 0) is 0 Å². The van der Waals surface area contributed by atoms with Crippen molar-refractivity contribution in [3.05, 3.63) is 51.2 Å². The van der Waals surface area contributed by atoms with Gasteiger partial charge >= 0.3 is 0 Å². The number of aromatic amines is 1. The van der Waals surface area contributed by atoms with E-state index in [-0.39, 0.29) is 0 Å². The fourth-order valence-corrected chi connectivity index (χ4v) is 2.64. The Labute approximate surface area is 124 Å². The number of hydrogen-bond acceptors (Lipinski definition) is 5. The molecule has 0 bridgehead atoms. The topological polar surface area (TPSA) is 58.9 Å². The van der Waals surface area contributed by atoms with Crippen LogP contribution in [-0.4, -0.2) is 26.1 Å². The Morgan fingerprint density at radius 2 is 2.30 bits per heavy atom. The van der Waals surface area contributed by atoms with Gasteiger partial charge in [-0.25, -0.2) is 5.10 Å². The van der Waals surface area contributed by atoms with Crippen molar-refractivity contribution in [1.82, 2.24) is 19.9 Å². The van der Waals surface area contributed by atoms with Gasteiger partial charge in [0.25, 0.3) is 0 Å². The minimum atomic E-state index is 0.452. The molecule has 3 heterocycles. The fraction of sp³-hybridized carbons (Fsp3) is 0.0769. The molecule has 3 aromatic rings. The van der Waals surface area contributed by atoms with Gasteiger partial charge in [0, 0.05) is 27.7 Å². The smallest absolute Gasteiger partial charge is 0.216 e. The van der Waals surface area contributed by atoms with Crippen molar-refractivity contribution in [1.29, 1.82) is 0 Å². The third-order valence-corrected chi connectivity index (χ3v) is 3.83. The first-order chi connectivity index (χ1) is 9.74. The van der Waals surface area contributed by atoms with Crippen molar-refractivity contribution < 1.29 is 0 Å². The Balaban J connectivity index is 2.00. The summed E-state index contributed by atoms with van der Waals surface area (Å²) >= 11 is 6.89. The van der Waals surface area contributed by atoms with Crippen LogP contribution in [0.25, 0.3) is 11.4 Å². The van der Waals surface area contributed by atoms with Crippen molar-refractivity contribution in [3.63, 3.8) is 0 Å². The predicted molar refractivity (Wildman–Crippen MR) is 82.7 cm³/mol. The number of thiophene rings is 1. The van der Waals surface area contributed by atoms with E-state index in [1.165, 1.54) is 4.88 Å². The van der Waals surface area contributed by atoms with Gasteiger partial charge in [0.2, 0.25) is 4.77 Å². The van der Waals surface area contributed by atoms with Gasteiger partial charge in [-0.05, 0) is 43.4 Å². The maximum absolute atomic E-state index is 5.21. The molecular formula is C13H11N5S2. The highest BCUT2D eigenvalue weighted by Gasteiger charge is 2.07. The first-order valence-corrected chi connectivity index (χ1v) is 7.15. The molecule has 100 valence electrons. The molecule has 0 unspecified atom stereocenters. The summed E-state index contributed by atoms with van der Waals surface area (Å²) in [5.41, 5.74) is 0.861. The maximum atomic E-state index is 5.21. The Morgan fingerprint density at radius 1 is 1.40 bits per heavy atom. The van der Waals surface area contributed by atoms with Gasteiger partial charge in [0.15, 0.2) is 5.82 Å². The zero-order valence-corrected chi connectivity index (χ0v) is 12.3. The number of aryl methyl sites for hydroxylation is 1. The minimum absolute atomic E-state index is 0.452. The molecule has 0 fully saturated rings. The normalized spacial score (nSPS) is 11.2. The first-order valence-electron chi connectivity index (χ1n) is 5.92. The number of nitrogens with one attached hydrogen (secondary N) is 1. The van der Waals surface area contributed by atoms with Crippen molar-refractivity contribution in [2.24, 2.45) is 5.10 Å². The molecule has 0 aliphatic carbocycles. The lowest BCUT2D eigenvalue weighted by atomic mass is 10.3. The SMILES string of the molecule is Cc1ccc(/C=N/n2c(-c3cccnc3)n[nH]c2=S)s1. The predicted octanol–water partition coefficient (Wildman–Crippen LogP) is 3.25. The number of pyridine rings is 1. The van der Waals surface area contributed by atoms with Crippen LogP contribution >= 0.6 is 23.6 Å². The van der Waals surface area contributed by atoms with Gasteiger partial charge < -0.3 is 0 Å². The molecule has 0 atom stereocenters. The summed E-state index contributed by atoms with van der Waals surface area (Å²) in [4.78, 5) is 6.40. The van der Waals surface area contributed by atoms with Crippen LogP contribution in [0.15, 0.2) is 41.8 Å². The standard InChI is InChI=1S/C13H11N5S2/c1-9-4-5-11(20-9)8-15-18-12(16-17-13(18)19)10-3-2-6-14-7-10/h2-8H,1H3,(H,17,19)/b15-8+. The average molecular weight is 301 g/mol. The molecule has 0 saturated carbocycles. The van der Waals surface area contributed by atoms with Crippen LogP contribution in [0, 0.1) is 11.7 Å². The van der Waals surface area contributed by atoms with Crippen molar-refractivity contribution in [2.75, 3.05) is 0 Å². The number of hydrogen-bond donors (Lipinski definition) is 1. The Morgan fingerprint density at radius 3 is 3.00 bits per heavy atom. The quantitative estimate of drug-likeness (QED) is 0.597. The van der Waals surface area contributed by atoms with Crippen LogP contribution in [0.2, 0.25) is 0 Å². The van der Waals surface area contributed by atoms with Gasteiger partial charge in [-0.15, -0.1) is 11.3 Å². The summed E-state index contributed by atoms with van der Waals surface area (Å²) in [6, 6.07) is 7.85. The van der Waals surface area contributed by atoms with E-state index in [1.54, 1.807) is 34.6 Å². The summed E-state index contributed by atoms with van der Waals surface area (Å²) in [7, 11) is 0. The highest BCUT2D eigenvalue weighted by Crippen LogP contribution is 2.16. The molecule has 20 heavy (non-hydrogen) atoms. The highest BCUT2D eigenvalue weighted by atomic mass is 32.1. The van der Waals surface area contributed by atoms with Gasteiger partial charge in [-0.1, -0.05) is 0 Å². The van der Waals surface area contributed by atoms with E-state index in [0.29, 0.717) is 10.6 Å². The Hall–Kier alpha value is -2.12. The summed E-state index contributed by atoms with van der Waals surface area (Å²) in [6.07, 6.45) is 5.22.